The molecule has 0 aromatic heterocycles. The van der Waals surface area contributed by atoms with E-state index in [1.165, 1.54) is 6.42 Å². The van der Waals surface area contributed by atoms with E-state index in [-0.39, 0.29) is 12.0 Å². The molecule has 1 rings (SSSR count). The average molecular weight is 285 g/mol. The maximum Gasteiger partial charge on any atom is 0.323 e. The van der Waals surface area contributed by atoms with Crippen molar-refractivity contribution >= 4 is 5.97 Å². The number of rotatable bonds is 9. The van der Waals surface area contributed by atoms with Gasteiger partial charge in [-0.2, -0.15) is 0 Å². The van der Waals surface area contributed by atoms with Gasteiger partial charge in [0.25, 0.3) is 0 Å². The van der Waals surface area contributed by atoms with Crippen LogP contribution in [0.4, 0.5) is 0 Å². The number of carbonyl (C=O) groups is 1. The van der Waals surface area contributed by atoms with Crippen molar-refractivity contribution in [1.29, 1.82) is 0 Å². The molecule has 0 radical (unpaired) electrons. The Kier molecular flexibility index (Phi) is 8.11. The van der Waals surface area contributed by atoms with Crippen LogP contribution in [0, 0.1) is 0 Å². The van der Waals surface area contributed by atoms with Crippen LogP contribution in [0.3, 0.4) is 0 Å². The predicted molar refractivity (Wildman–Crippen MR) is 81.9 cm³/mol. The monoisotopic (exact) mass is 285 g/mol. The molecule has 2 atom stereocenters. The van der Waals surface area contributed by atoms with Gasteiger partial charge in [0.05, 0.1) is 6.61 Å². The third-order valence-electron chi connectivity index (χ3n) is 3.92. The number of nitrogens with one attached hydrogen (secondary N) is 1. The topological polar surface area (TPSA) is 44.8 Å². The number of hydrogen-bond acceptors (Lipinski definition) is 5. The molecule has 1 N–H and O–H groups in total. The molecule has 1 fully saturated rings. The number of carbonyl (C=O) groups excluding carboxylic acids is 1. The Bertz CT molecular complexity index is 284. The molecule has 1 aliphatic rings. The highest BCUT2D eigenvalue weighted by atomic mass is 16.5. The lowest BCUT2D eigenvalue weighted by molar-refractivity contribution is -0.145. The molecule has 1 aliphatic heterocycles. The number of esters is 1. The highest BCUT2D eigenvalue weighted by molar-refractivity contribution is 5.75. The third-order valence-corrected chi connectivity index (χ3v) is 3.92. The Morgan fingerprint density at radius 2 is 2.20 bits per heavy atom. The van der Waals surface area contributed by atoms with E-state index in [9.17, 15) is 4.79 Å². The summed E-state index contributed by atoms with van der Waals surface area (Å²) in [5.74, 6) is -0.107. The van der Waals surface area contributed by atoms with Gasteiger partial charge in [0, 0.05) is 19.1 Å². The van der Waals surface area contributed by atoms with Gasteiger partial charge in [-0.3, -0.25) is 4.79 Å². The van der Waals surface area contributed by atoms with Gasteiger partial charge in [0.1, 0.15) is 6.04 Å². The second-order valence-corrected chi connectivity index (χ2v) is 5.75. The molecule has 0 bridgehead atoms. The van der Waals surface area contributed by atoms with Crippen LogP contribution in [0.5, 0.6) is 0 Å². The van der Waals surface area contributed by atoms with E-state index in [2.05, 4.69) is 36.1 Å². The molecule has 5 heteroatoms. The lowest BCUT2D eigenvalue weighted by Crippen LogP contribution is -2.41. The van der Waals surface area contributed by atoms with E-state index in [0.717, 1.165) is 39.0 Å². The van der Waals surface area contributed by atoms with E-state index in [1.54, 1.807) is 0 Å². The van der Waals surface area contributed by atoms with Crippen molar-refractivity contribution in [2.75, 3.05) is 46.9 Å². The zero-order valence-corrected chi connectivity index (χ0v) is 13.5. The van der Waals surface area contributed by atoms with Crippen molar-refractivity contribution in [1.82, 2.24) is 15.1 Å². The Labute approximate surface area is 123 Å². The fourth-order valence-electron chi connectivity index (χ4n) is 2.61. The van der Waals surface area contributed by atoms with Crippen molar-refractivity contribution in [3.63, 3.8) is 0 Å². The third kappa shape index (κ3) is 5.77. The van der Waals surface area contributed by atoms with Crippen molar-refractivity contribution in [2.24, 2.45) is 0 Å². The van der Waals surface area contributed by atoms with Gasteiger partial charge < -0.3 is 19.9 Å². The molecule has 0 spiro atoms. The largest absolute Gasteiger partial charge is 0.465 e. The molecule has 5 nitrogen and oxygen atoms in total. The smallest absolute Gasteiger partial charge is 0.323 e. The molecule has 0 aromatic rings. The highest BCUT2D eigenvalue weighted by Crippen LogP contribution is 2.14. The molecule has 0 aromatic carbocycles. The summed E-state index contributed by atoms with van der Waals surface area (Å²) in [6.45, 7) is 8.49. The van der Waals surface area contributed by atoms with Gasteiger partial charge in [-0.1, -0.05) is 6.92 Å². The van der Waals surface area contributed by atoms with Gasteiger partial charge in [0.2, 0.25) is 0 Å². The molecule has 118 valence electrons. The van der Waals surface area contributed by atoms with E-state index < -0.39 is 0 Å². The minimum Gasteiger partial charge on any atom is -0.465 e. The first-order valence-corrected chi connectivity index (χ1v) is 7.87. The fraction of sp³-hybridized carbons (Fsp3) is 0.933. The average Bonchev–Trinajstić information content (AvgIpc) is 2.88. The van der Waals surface area contributed by atoms with Gasteiger partial charge in [-0.05, 0) is 53.4 Å². The van der Waals surface area contributed by atoms with Crippen LogP contribution in [0.15, 0.2) is 0 Å². The van der Waals surface area contributed by atoms with Gasteiger partial charge in [-0.25, -0.2) is 0 Å². The Morgan fingerprint density at radius 1 is 1.45 bits per heavy atom. The highest BCUT2D eigenvalue weighted by Gasteiger charge is 2.26. The molecular formula is C15H31N3O2. The molecule has 1 heterocycles. The SMILES string of the molecule is CCCNC(CCN1CCC(N(C)C)C1)C(=O)OCC. The molecule has 0 aliphatic carbocycles. The number of nitrogens with zero attached hydrogens (tertiary/aromatic N) is 2. The fourth-order valence-corrected chi connectivity index (χ4v) is 2.61. The lowest BCUT2D eigenvalue weighted by Gasteiger charge is -2.22. The Balaban J connectivity index is 2.36. The van der Waals surface area contributed by atoms with Gasteiger partial charge in [-0.15, -0.1) is 0 Å². The summed E-state index contributed by atoms with van der Waals surface area (Å²) in [4.78, 5) is 16.7. The normalized spacial score (nSPS) is 21.4. The first-order chi connectivity index (χ1) is 9.58. The maximum atomic E-state index is 11.9. The van der Waals surface area contributed by atoms with Crippen LogP contribution >= 0.6 is 0 Å². The summed E-state index contributed by atoms with van der Waals surface area (Å²) < 4.78 is 5.15. The summed E-state index contributed by atoms with van der Waals surface area (Å²) in [7, 11) is 4.27. The van der Waals surface area contributed by atoms with Crippen LogP contribution in [0.25, 0.3) is 0 Å². The van der Waals surface area contributed by atoms with Crippen LogP contribution < -0.4 is 5.32 Å². The minimum atomic E-state index is -0.159. The Hall–Kier alpha value is -0.650. The Morgan fingerprint density at radius 3 is 2.75 bits per heavy atom. The summed E-state index contributed by atoms with van der Waals surface area (Å²) in [5, 5.41) is 3.30. The predicted octanol–water partition coefficient (Wildman–Crippen LogP) is 0.944. The zero-order chi connectivity index (χ0) is 15.0. The van der Waals surface area contributed by atoms with Crippen molar-refractivity contribution in [3.05, 3.63) is 0 Å². The van der Waals surface area contributed by atoms with E-state index in [4.69, 9.17) is 4.74 Å². The standard InChI is InChI=1S/C15H31N3O2/c1-5-9-16-14(15(19)20-6-2)8-11-18-10-7-13(12-18)17(3)4/h13-14,16H,5-12H2,1-4H3. The van der Waals surface area contributed by atoms with Crippen molar-refractivity contribution in [3.8, 4) is 0 Å². The molecule has 0 saturated carbocycles. The minimum absolute atomic E-state index is 0.107. The molecule has 0 amide bonds. The number of hydrogen-bond donors (Lipinski definition) is 1. The molecule has 2 unspecified atom stereocenters. The summed E-state index contributed by atoms with van der Waals surface area (Å²) >= 11 is 0. The van der Waals surface area contributed by atoms with Crippen LogP contribution in [-0.4, -0.2) is 74.7 Å². The quantitative estimate of drug-likeness (QED) is 0.639. The summed E-state index contributed by atoms with van der Waals surface area (Å²) in [5.41, 5.74) is 0. The first-order valence-electron chi connectivity index (χ1n) is 7.87. The lowest BCUT2D eigenvalue weighted by atomic mass is 10.2. The molecule has 20 heavy (non-hydrogen) atoms. The first kappa shape index (κ1) is 17.4. The van der Waals surface area contributed by atoms with E-state index >= 15 is 0 Å². The molecule has 1 saturated heterocycles. The van der Waals surface area contributed by atoms with Crippen LogP contribution in [0.1, 0.15) is 33.1 Å². The van der Waals surface area contributed by atoms with E-state index in [1.807, 2.05) is 6.92 Å². The van der Waals surface area contributed by atoms with E-state index in [0.29, 0.717) is 12.6 Å². The summed E-state index contributed by atoms with van der Waals surface area (Å²) in [6, 6.07) is 0.493. The number of ether oxygens (including phenoxy) is 1. The van der Waals surface area contributed by atoms with Crippen molar-refractivity contribution in [2.45, 2.75) is 45.2 Å². The van der Waals surface area contributed by atoms with Gasteiger partial charge >= 0.3 is 5.97 Å². The second-order valence-electron chi connectivity index (χ2n) is 5.75. The maximum absolute atomic E-state index is 11.9. The zero-order valence-electron chi connectivity index (χ0n) is 13.5. The number of likely N-dealkylation sites (tertiary alicyclic amines) is 1. The van der Waals surface area contributed by atoms with Crippen LogP contribution in [0.2, 0.25) is 0 Å². The molecular weight excluding hydrogens is 254 g/mol. The second kappa shape index (κ2) is 9.32. The number of likely N-dealkylation sites (N-methyl/N-ethyl adjacent to an activating group) is 1. The summed E-state index contributed by atoms with van der Waals surface area (Å²) in [6.07, 6.45) is 3.08. The van der Waals surface area contributed by atoms with Crippen LogP contribution in [-0.2, 0) is 9.53 Å². The van der Waals surface area contributed by atoms with Gasteiger partial charge in [0.15, 0.2) is 0 Å². The van der Waals surface area contributed by atoms with Crippen molar-refractivity contribution < 1.29 is 9.53 Å².